The first kappa shape index (κ1) is 21.0. The molecule has 0 fully saturated rings. The highest BCUT2D eigenvalue weighted by molar-refractivity contribution is 7.79. The van der Waals surface area contributed by atoms with Gasteiger partial charge in [0.2, 0.25) is 0 Å². The van der Waals surface area contributed by atoms with E-state index in [2.05, 4.69) is 0 Å². The van der Waals surface area contributed by atoms with Crippen molar-refractivity contribution in [2.75, 3.05) is 12.9 Å². The molecule has 0 radical (unpaired) electrons. The molecule has 1 N–H and O–H groups in total. The normalized spacial score (nSPS) is 19.5. The first-order chi connectivity index (χ1) is 9.63. The Morgan fingerprint density at radius 2 is 1.52 bits per heavy atom. The van der Waals surface area contributed by atoms with Gasteiger partial charge in [-0.25, -0.2) is 4.21 Å². The molecule has 0 bridgehead atoms. The molecule has 0 aliphatic rings. The van der Waals surface area contributed by atoms with Gasteiger partial charge in [-0.15, -0.1) is 0 Å². The fourth-order valence-electron chi connectivity index (χ4n) is 2.16. The van der Waals surface area contributed by atoms with Crippen molar-refractivity contribution in [2.45, 2.75) is 78.5 Å². The van der Waals surface area contributed by atoms with E-state index in [1.807, 2.05) is 41.5 Å². The van der Waals surface area contributed by atoms with Crippen LogP contribution in [0.3, 0.4) is 0 Å². The molecule has 0 rings (SSSR count). The smallest absolute Gasteiger partial charge is 0.152 e. The maximum atomic E-state index is 10.9. The lowest BCUT2D eigenvalue weighted by Crippen LogP contribution is -2.38. The van der Waals surface area contributed by atoms with Crippen molar-refractivity contribution in [2.24, 2.45) is 5.92 Å². The molecule has 21 heavy (non-hydrogen) atoms. The second kappa shape index (κ2) is 10.7. The molecule has 0 saturated heterocycles. The summed E-state index contributed by atoms with van der Waals surface area (Å²) in [5, 5.41) is 10.2. The van der Waals surface area contributed by atoms with Crippen molar-refractivity contribution in [1.82, 2.24) is 0 Å². The standard InChI is InChI=1S/C15H32O5S/c1-10(2)19-12(5)8-15(20-11(3)4)13(6)14(16)9-18-21(7)17/h10-16H,8-9H2,1-7H3/t12-,13+,14+,15-,21?/m0/s1. The van der Waals surface area contributed by atoms with Crippen LogP contribution in [-0.4, -0.2) is 52.7 Å². The molecule has 0 amide bonds. The van der Waals surface area contributed by atoms with Gasteiger partial charge in [-0.05, 0) is 41.0 Å². The molecule has 5 nitrogen and oxygen atoms in total. The third kappa shape index (κ3) is 10.4. The Bertz CT molecular complexity index is 296. The average molecular weight is 324 g/mol. The van der Waals surface area contributed by atoms with E-state index >= 15 is 0 Å². The minimum Gasteiger partial charge on any atom is -0.390 e. The quantitative estimate of drug-likeness (QED) is 0.632. The highest BCUT2D eigenvalue weighted by Crippen LogP contribution is 2.21. The van der Waals surface area contributed by atoms with Gasteiger partial charge in [0.15, 0.2) is 11.1 Å². The summed E-state index contributed by atoms with van der Waals surface area (Å²) < 4.78 is 27.6. The second-order valence-electron chi connectivity index (χ2n) is 6.07. The molecule has 0 aliphatic carbocycles. The highest BCUT2D eigenvalue weighted by atomic mass is 32.2. The molecule has 0 aliphatic heterocycles. The van der Waals surface area contributed by atoms with Crippen LogP contribution in [0, 0.1) is 5.92 Å². The fraction of sp³-hybridized carbons (Fsp3) is 1.00. The summed E-state index contributed by atoms with van der Waals surface area (Å²) in [6, 6.07) is 0. The lowest BCUT2D eigenvalue weighted by Gasteiger charge is -2.31. The number of aliphatic hydroxyl groups excluding tert-OH is 1. The molecule has 5 atom stereocenters. The fourth-order valence-corrected chi connectivity index (χ4v) is 2.49. The van der Waals surface area contributed by atoms with E-state index in [-0.39, 0.29) is 36.9 Å². The molecule has 0 aromatic carbocycles. The van der Waals surface area contributed by atoms with Gasteiger partial charge < -0.3 is 14.6 Å². The van der Waals surface area contributed by atoms with Gasteiger partial charge in [0.1, 0.15) is 0 Å². The zero-order valence-corrected chi connectivity index (χ0v) is 15.2. The molecule has 6 heteroatoms. The number of ether oxygens (including phenoxy) is 2. The third-order valence-corrected chi connectivity index (χ3v) is 3.58. The summed E-state index contributed by atoms with van der Waals surface area (Å²) in [5.74, 6) is -0.130. The summed E-state index contributed by atoms with van der Waals surface area (Å²) in [6.07, 6.45) is 1.56. The van der Waals surface area contributed by atoms with E-state index in [4.69, 9.17) is 13.7 Å². The lowest BCUT2D eigenvalue weighted by molar-refractivity contribution is -0.0940. The van der Waals surface area contributed by atoms with Crippen molar-refractivity contribution >= 4 is 11.1 Å². The van der Waals surface area contributed by atoms with Gasteiger partial charge in [0.25, 0.3) is 0 Å². The Morgan fingerprint density at radius 3 is 1.95 bits per heavy atom. The van der Waals surface area contributed by atoms with E-state index in [1.54, 1.807) is 0 Å². The van der Waals surface area contributed by atoms with E-state index in [9.17, 15) is 9.32 Å². The molecule has 0 saturated carbocycles. The predicted octanol–water partition coefficient (Wildman–Crippen LogP) is 2.29. The Labute approximate surface area is 132 Å². The summed E-state index contributed by atoms with van der Waals surface area (Å²) in [5.41, 5.74) is 0. The van der Waals surface area contributed by atoms with E-state index in [1.165, 1.54) is 6.26 Å². The van der Waals surface area contributed by atoms with Crippen molar-refractivity contribution < 1.29 is 23.0 Å². The summed E-state index contributed by atoms with van der Waals surface area (Å²) >= 11 is -1.37. The Kier molecular flexibility index (Phi) is 10.7. The maximum Gasteiger partial charge on any atom is 0.152 e. The van der Waals surface area contributed by atoms with Crippen LogP contribution < -0.4 is 0 Å². The molecule has 0 aromatic heterocycles. The third-order valence-electron chi connectivity index (χ3n) is 3.11. The minimum absolute atomic E-state index is 0.0433. The molecule has 1 unspecified atom stereocenters. The highest BCUT2D eigenvalue weighted by Gasteiger charge is 2.28. The van der Waals surface area contributed by atoms with E-state index < -0.39 is 17.2 Å². The zero-order chi connectivity index (χ0) is 16.6. The van der Waals surface area contributed by atoms with Crippen LogP contribution in [0.4, 0.5) is 0 Å². The molecule has 0 spiro atoms. The van der Waals surface area contributed by atoms with Crippen molar-refractivity contribution in [3.63, 3.8) is 0 Å². The number of hydrogen-bond acceptors (Lipinski definition) is 5. The second-order valence-corrected chi connectivity index (χ2v) is 7.11. The summed E-state index contributed by atoms with van der Waals surface area (Å²) in [6.45, 7) is 11.9. The van der Waals surface area contributed by atoms with Crippen molar-refractivity contribution in [1.29, 1.82) is 0 Å². The van der Waals surface area contributed by atoms with Crippen molar-refractivity contribution in [3.05, 3.63) is 0 Å². The zero-order valence-electron chi connectivity index (χ0n) is 14.4. The van der Waals surface area contributed by atoms with Crippen LogP contribution in [-0.2, 0) is 24.7 Å². The summed E-state index contributed by atoms with van der Waals surface area (Å²) in [7, 11) is 0. The predicted molar refractivity (Wildman–Crippen MR) is 85.5 cm³/mol. The van der Waals surface area contributed by atoms with Crippen LogP contribution in [0.2, 0.25) is 0 Å². The van der Waals surface area contributed by atoms with Crippen LogP contribution in [0.1, 0.15) is 48.0 Å². The van der Waals surface area contributed by atoms with Crippen LogP contribution >= 0.6 is 0 Å². The molecule has 0 heterocycles. The van der Waals surface area contributed by atoms with E-state index in [0.29, 0.717) is 6.42 Å². The van der Waals surface area contributed by atoms with Gasteiger partial charge in [-0.1, -0.05) is 6.92 Å². The lowest BCUT2D eigenvalue weighted by atomic mass is 9.94. The average Bonchev–Trinajstić information content (AvgIpc) is 2.32. The van der Waals surface area contributed by atoms with Crippen LogP contribution in [0.5, 0.6) is 0 Å². The van der Waals surface area contributed by atoms with Crippen LogP contribution in [0.15, 0.2) is 0 Å². The molecular weight excluding hydrogens is 292 g/mol. The van der Waals surface area contributed by atoms with Crippen molar-refractivity contribution in [3.8, 4) is 0 Å². The largest absolute Gasteiger partial charge is 0.390 e. The van der Waals surface area contributed by atoms with Gasteiger partial charge >= 0.3 is 0 Å². The van der Waals surface area contributed by atoms with E-state index in [0.717, 1.165) is 0 Å². The van der Waals surface area contributed by atoms with Gasteiger partial charge in [-0.2, -0.15) is 0 Å². The first-order valence-corrected chi connectivity index (χ1v) is 9.07. The molecular formula is C15H32O5S. The van der Waals surface area contributed by atoms with Gasteiger partial charge in [0, 0.05) is 12.2 Å². The monoisotopic (exact) mass is 324 g/mol. The Balaban J connectivity index is 4.59. The van der Waals surface area contributed by atoms with Gasteiger partial charge in [-0.3, -0.25) is 4.18 Å². The molecule has 0 aromatic rings. The first-order valence-electron chi connectivity index (χ1n) is 7.59. The maximum absolute atomic E-state index is 10.9. The molecule has 128 valence electrons. The minimum atomic E-state index is -1.37. The van der Waals surface area contributed by atoms with Crippen LogP contribution in [0.25, 0.3) is 0 Å². The number of aliphatic hydroxyl groups is 1. The topological polar surface area (TPSA) is 65.0 Å². The number of rotatable bonds is 11. The van der Waals surface area contributed by atoms with Gasteiger partial charge in [0.05, 0.1) is 37.1 Å². The Hall–Kier alpha value is -0.0100. The number of hydrogen-bond donors (Lipinski definition) is 1. The SMILES string of the molecule is CC(C)O[C@@H](C[C@H](C)OC(C)C)[C@H](C)[C@H](O)COS(C)=O. The Morgan fingerprint density at radius 1 is 1.00 bits per heavy atom. The summed E-state index contributed by atoms with van der Waals surface area (Å²) in [4.78, 5) is 0.